The number of rotatable bonds is 4. The van der Waals surface area contributed by atoms with E-state index in [1.807, 2.05) is 0 Å². The van der Waals surface area contributed by atoms with Gasteiger partial charge in [-0.15, -0.1) is 0 Å². The standard InChI is InChI=1S/C21H17FN6O4S/c1-21(2)19(29)27-15-8-13(4-6-17(15)33(21,30)31)25-18-14(22)10-23-20(28-18)26-12-3-5-16-11(7-12)9-24-32-16/h3-10H,1-2H3,(H,27,29)(H2,23,25,26,28). The van der Waals surface area contributed by atoms with Gasteiger partial charge in [-0.3, -0.25) is 4.79 Å². The largest absolute Gasteiger partial charge is 0.356 e. The molecule has 0 unspecified atom stereocenters. The molecule has 3 N–H and O–H groups in total. The fourth-order valence-corrected chi connectivity index (χ4v) is 4.83. The van der Waals surface area contributed by atoms with Crippen molar-refractivity contribution >= 4 is 55.5 Å². The molecule has 5 rings (SSSR count). The monoisotopic (exact) mass is 468 g/mol. The molecule has 12 heteroatoms. The van der Waals surface area contributed by atoms with Gasteiger partial charge in [-0.05, 0) is 50.2 Å². The zero-order chi connectivity index (χ0) is 23.4. The Morgan fingerprint density at radius 1 is 1.06 bits per heavy atom. The highest BCUT2D eigenvalue weighted by Crippen LogP contribution is 2.38. The van der Waals surface area contributed by atoms with Gasteiger partial charge in [0.05, 0.1) is 23.0 Å². The van der Waals surface area contributed by atoms with Crippen molar-refractivity contribution in [3.63, 3.8) is 0 Å². The molecule has 0 bridgehead atoms. The molecule has 1 aliphatic heterocycles. The first-order valence-electron chi connectivity index (χ1n) is 9.76. The van der Waals surface area contributed by atoms with Gasteiger partial charge in [0.2, 0.25) is 11.9 Å². The first-order valence-corrected chi connectivity index (χ1v) is 11.2. The van der Waals surface area contributed by atoms with Gasteiger partial charge in [0, 0.05) is 16.8 Å². The number of benzene rings is 2. The van der Waals surface area contributed by atoms with Crippen LogP contribution in [-0.4, -0.2) is 34.2 Å². The summed E-state index contributed by atoms with van der Waals surface area (Å²) in [5.74, 6) is -1.36. The van der Waals surface area contributed by atoms with Crippen molar-refractivity contribution in [3.8, 4) is 0 Å². The van der Waals surface area contributed by atoms with Crippen LogP contribution in [0.5, 0.6) is 0 Å². The number of aromatic nitrogens is 3. The molecular weight excluding hydrogens is 451 g/mol. The predicted molar refractivity (Wildman–Crippen MR) is 119 cm³/mol. The highest BCUT2D eigenvalue weighted by Gasteiger charge is 2.47. The molecule has 0 saturated heterocycles. The van der Waals surface area contributed by atoms with Crippen LogP contribution in [0.1, 0.15) is 13.8 Å². The van der Waals surface area contributed by atoms with E-state index in [0.717, 1.165) is 11.6 Å². The maximum absolute atomic E-state index is 14.4. The van der Waals surface area contributed by atoms with E-state index in [1.165, 1.54) is 32.0 Å². The number of amides is 1. The van der Waals surface area contributed by atoms with Gasteiger partial charge in [0.25, 0.3) is 0 Å². The summed E-state index contributed by atoms with van der Waals surface area (Å²) in [6.07, 6.45) is 2.57. The van der Waals surface area contributed by atoms with Crippen LogP contribution < -0.4 is 16.0 Å². The lowest BCUT2D eigenvalue weighted by Crippen LogP contribution is -2.48. The van der Waals surface area contributed by atoms with Crippen LogP contribution in [0.4, 0.5) is 33.2 Å². The number of carbonyl (C=O) groups excluding carboxylic acids is 1. The maximum Gasteiger partial charge on any atom is 0.245 e. The fraction of sp³-hybridized carbons (Fsp3) is 0.143. The summed E-state index contributed by atoms with van der Waals surface area (Å²) in [6, 6.07) is 9.48. The number of hydrogen-bond acceptors (Lipinski definition) is 9. The molecule has 4 aromatic rings. The second-order valence-corrected chi connectivity index (χ2v) is 10.4. The van der Waals surface area contributed by atoms with Gasteiger partial charge >= 0.3 is 0 Å². The third-order valence-electron chi connectivity index (χ3n) is 5.35. The Labute approximate surface area is 187 Å². The molecule has 33 heavy (non-hydrogen) atoms. The third-order valence-corrected chi connectivity index (χ3v) is 7.82. The van der Waals surface area contributed by atoms with Gasteiger partial charge in [-0.1, -0.05) is 5.16 Å². The Hall–Kier alpha value is -4.06. The van der Waals surface area contributed by atoms with E-state index in [0.29, 0.717) is 17.0 Å². The number of carbonyl (C=O) groups is 1. The van der Waals surface area contributed by atoms with Crippen molar-refractivity contribution in [2.24, 2.45) is 0 Å². The van der Waals surface area contributed by atoms with Crippen LogP contribution in [0.3, 0.4) is 0 Å². The van der Waals surface area contributed by atoms with Crippen molar-refractivity contribution in [3.05, 3.63) is 54.6 Å². The van der Waals surface area contributed by atoms with Crippen LogP contribution in [0.2, 0.25) is 0 Å². The quantitative estimate of drug-likeness (QED) is 0.408. The van der Waals surface area contributed by atoms with Crippen LogP contribution in [-0.2, 0) is 14.6 Å². The predicted octanol–water partition coefficient (Wildman–Crippen LogP) is 3.75. The summed E-state index contributed by atoms with van der Waals surface area (Å²) < 4.78 is 43.4. The van der Waals surface area contributed by atoms with E-state index in [2.05, 4.69) is 31.1 Å². The molecule has 10 nitrogen and oxygen atoms in total. The number of halogens is 1. The molecule has 2 aromatic carbocycles. The summed E-state index contributed by atoms with van der Waals surface area (Å²) in [4.78, 5) is 20.4. The third kappa shape index (κ3) is 3.44. The smallest absolute Gasteiger partial charge is 0.245 e. The van der Waals surface area contributed by atoms with Gasteiger partial charge in [0.15, 0.2) is 27.1 Å². The molecule has 168 valence electrons. The van der Waals surface area contributed by atoms with Crippen LogP contribution >= 0.6 is 0 Å². The summed E-state index contributed by atoms with van der Waals surface area (Å²) >= 11 is 0. The van der Waals surface area contributed by atoms with Gasteiger partial charge in [0.1, 0.15) is 4.75 Å². The van der Waals surface area contributed by atoms with E-state index in [9.17, 15) is 17.6 Å². The molecule has 0 fully saturated rings. The normalized spacial score (nSPS) is 16.2. The summed E-state index contributed by atoms with van der Waals surface area (Å²) in [5.41, 5.74) is 1.71. The number of anilines is 5. The molecule has 1 amide bonds. The van der Waals surface area contributed by atoms with Crippen LogP contribution in [0.15, 0.2) is 58.2 Å². The molecule has 3 heterocycles. The summed E-state index contributed by atoms with van der Waals surface area (Å²) in [7, 11) is -3.88. The molecule has 0 saturated carbocycles. The molecule has 0 aliphatic carbocycles. The molecule has 0 spiro atoms. The topological polar surface area (TPSA) is 139 Å². The van der Waals surface area contributed by atoms with Crippen molar-refractivity contribution in [2.75, 3.05) is 16.0 Å². The second kappa shape index (κ2) is 7.24. The number of fused-ring (bicyclic) bond motifs is 2. The average molecular weight is 468 g/mol. The van der Waals surface area contributed by atoms with Gasteiger partial charge in [-0.2, -0.15) is 4.98 Å². The Balaban J connectivity index is 1.43. The van der Waals surface area contributed by atoms with Crippen molar-refractivity contribution in [2.45, 2.75) is 23.5 Å². The minimum Gasteiger partial charge on any atom is -0.356 e. The Morgan fingerprint density at radius 2 is 1.82 bits per heavy atom. The first-order chi connectivity index (χ1) is 15.6. The Bertz CT molecular complexity index is 1530. The van der Waals surface area contributed by atoms with Crippen molar-refractivity contribution in [1.29, 1.82) is 0 Å². The Kier molecular flexibility index (Phi) is 4.57. The fourth-order valence-electron chi connectivity index (χ4n) is 3.34. The number of hydrogen-bond donors (Lipinski definition) is 3. The first kappa shape index (κ1) is 20.8. The maximum atomic E-state index is 14.4. The van der Waals surface area contributed by atoms with E-state index in [1.54, 1.807) is 24.4 Å². The highest BCUT2D eigenvalue weighted by molar-refractivity contribution is 7.94. The lowest BCUT2D eigenvalue weighted by Gasteiger charge is -2.30. The minimum absolute atomic E-state index is 0.00714. The van der Waals surface area contributed by atoms with Gasteiger partial charge in [-0.25, -0.2) is 17.8 Å². The van der Waals surface area contributed by atoms with Crippen LogP contribution in [0.25, 0.3) is 11.0 Å². The number of sulfone groups is 1. The molecule has 0 atom stereocenters. The van der Waals surface area contributed by atoms with Crippen molar-refractivity contribution in [1.82, 2.24) is 15.1 Å². The average Bonchev–Trinajstić information content (AvgIpc) is 3.23. The molecular formula is C21H17FN6O4S. The molecule has 2 aromatic heterocycles. The lowest BCUT2D eigenvalue weighted by molar-refractivity contribution is -0.118. The SMILES string of the molecule is CC1(C)C(=O)Nc2cc(Nc3nc(Nc4ccc5oncc5c4)ncc3F)ccc2S1(=O)=O. The Morgan fingerprint density at radius 3 is 2.64 bits per heavy atom. The minimum atomic E-state index is -3.88. The van der Waals surface area contributed by atoms with E-state index in [4.69, 9.17) is 4.52 Å². The zero-order valence-corrected chi connectivity index (χ0v) is 18.2. The molecule has 1 aliphatic rings. The summed E-state index contributed by atoms with van der Waals surface area (Å²) in [6.45, 7) is 2.69. The lowest BCUT2D eigenvalue weighted by atomic mass is 10.1. The highest BCUT2D eigenvalue weighted by atomic mass is 32.2. The number of nitrogens with zero attached hydrogens (tertiary/aromatic N) is 3. The van der Waals surface area contributed by atoms with Crippen molar-refractivity contribution < 1.29 is 22.1 Å². The zero-order valence-electron chi connectivity index (χ0n) is 17.4. The second-order valence-electron chi connectivity index (χ2n) is 7.90. The van der Waals surface area contributed by atoms with E-state index < -0.39 is 26.3 Å². The molecule has 0 radical (unpaired) electrons. The van der Waals surface area contributed by atoms with Gasteiger partial charge < -0.3 is 20.5 Å². The van der Waals surface area contributed by atoms with E-state index >= 15 is 0 Å². The van der Waals surface area contributed by atoms with E-state index in [-0.39, 0.29) is 22.3 Å². The number of nitrogens with one attached hydrogen (secondary N) is 3. The van der Waals surface area contributed by atoms with Crippen LogP contribution in [0, 0.1) is 5.82 Å². The summed E-state index contributed by atoms with van der Waals surface area (Å²) in [5, 5.41) is 12.9.